The summed E-state index contributed by atoms with van der Waals surface area (Å²) in [6.07, 6.45) is 4.33. The SMILES string of the molecule is Cc1cccc(CCC(=O)Nc2cnc(-n3nc(C)cc3C)nc2)c1. The van der Waals surface area contributed by atoms with Crippen molar-refractivity contribution >= 4 is 11.6 Å². The van der Waals surface area contributed by atoms with E-state index in [-0.39, 0.29) is 5.91 Å². The molecule has 3 rings (SSSR count). The van der Waals surface area contributed by atoms with Crippen LogP contribution in [-0.2, 0) is 11.2 Å². The van der Waals surface area contributed by atoms with Gasteiger partial charge in [-0.05, 0) is 38.8 Å². The van der Waals surface area contributed by atoms with Gasteiger partial charge in [-0.25, -0.2) is 14.6 Å². The van der Waals surface area contributed by atoms with Crippen LogP contribution in [0.1, 0.15) is 28.9 Å². The minimum absolute atomic E-state index is 0.0519. The molecule has 0 aliphatic carbocycles. The summed E-state index contributed by atoms with van der Waals surface area (Å²) in [5, 5.41) is 7.18. The zero-order chi connectivity index (χ0) is 17.8. The number of aryl methyl sites for hydroxylation is 4. The maximum atomic E-state index is 12.1. The lowest BCUT2D eigenvalue weighted by atomic mass is 10.1. The molecule has 0 bridgehead atoms. The first-order valence-electron chi connectivity index (χ1n) is 8.22. The highest BCUT2D eigenvalue weighted by Crippen LogP contribution is 2.11. The van der Waals surface area contributed by atoms with Crippen molar-refractivity contribution in [3.8, 4) is 5.95 Å². The highest BCUT2D eigenvalue weighted by molar-refractivity contribution is 5.90. The molecule has 1 amide bonds. The number of nitrogens with zero attached hydrogens (tertiary/aromatic N) is 4. The number of hydrogen-bond acceptors (Lipinski definition) is 4. The lowest BCUT2D eigenvalue weighted by Gasteiger charge is -2.07. The Morgan fingerprint density at radius 2 is 1.88 bits per heavy atom. The molecule has 2 aromatic heterocycles. The van der Waals surface area contributed by atoms with Crippen molar-refractivity contribution in [3.05, 3.63) is 65.2 Å². The van der Waals surface area contributed by atoms with Crippen molar-refractivity contribution in [2.24, 2.45) is 0 Å². The summed E-state index contributed by atoms with van der Waals surface area (Å²) in [5.41, 5.74) is 4.82. The fraction of sp³-hybridized carbons (Fsp3) is 0.263. The normalized spacial score (nSPS) is 10.7. The summed E-state index contributed by atoms with van der Waals surface area (Å²) in [6, 6.07) is 10.1. The number of rotatable bonds is 5. The molecular weight excluding hydrogens is 314 g/mol. The van der Waals surface area contributed by atoms with E-state index < -0.39 is 0 Å². The van der Waals surface area contributed by atoms with Gasteiger partial charge in [0.25, 0.3) is 5.95 Å². The van der Waals surface area contributed by atoms with Gasteiger partial charge in [-0.3, -0.25) is 4.79 Å². The summed E-state index contributed by atoms with van der Waals surface area (Å²) in [4.78, 5) is 20.7. The van der Waals surface area contributed by atoms with Gasteiger partial charge in [0.15, 0.2) is 0 Å². The van der Waals surface area contributed by atoms with Gasteiger partial charge >= 0.3 is 0 Å². The summed E-state index contributed by atoms with van der Waals surface area (Å²) >= 11 is 0. The number of carbonyl (C=O) groups is 1. The van der Waals surface area contributed by atoms with Crippen LogP contribution in [0, 0.1) is 20.8 Å². The molecule has 0 aliphatic rings. The van der Waals surface area contributed by atoms with E-state index in [9.17, 15) is 4.79 Å². The maximum Gasteiger partial charge on any atom is 0.250 e. The van der Waals surface area contributed by atoms with Gasteiger partial charge in [0.1, 0.15) is 0 Å². The first kappa shape index (κ1) is 16.8. The average Bonchev–Trinajstić information content (AvgIpc) is 2.92. The van der Waals surface area contributed by atoms with E-state index in [1.807, 2.05) is 45.0 Å². The lowest BCUT2D eigenvalue weighted by Crippen LogP contribution is -2.13. The van der Waals surface area contributed by atoms with Crippen LogP contribution in [0.3, 0.4) is 0 Å². The molecule has 0 radical (unpaired) electrons. The Kier molecular flexibility index (Phi) is 4.88. The van der Waals surface area contributed by atoms with Crippen molar-refractivity contribution in [2.75, 3.05) is 5.32 Å². The van der Waals surface area contributed by atoms with Gasteiger partial charge in [-0.15, -0.1) is 0 Å². The highest BCUT2D eigenvalue weighted by atomic mass is 16.1. The van der Waals surface area contributed by atoms with Crippen LogP contribution in [0.2, 0.25) is 0 Å². The molecule has 0 fully saturated rings. The molecule has 128 valence electrons. The minimum Gasteiger partial charge on any atom is -0.323 e. The number of amides is 1. The van der Waals surface area contributed by atoms with Crippen LogP contribution in [0.25, 0.3) is 5.95 Å². The predicted octanol–water partition coefficient (Wildman–Crippen LogP) is 3.16. The Hall–Kier alpha value is -3.02. The Bertz CT molecular complexity index is 883. The van der Waals surface area contributed by atoms with Crippen LogP contribution in [0.4, 0.5) is 5.69 Å². The third kappa shape index (κ3) is 4.29. The molecule has 3 aromatic rings. The molecule has 25 heavy (non-hydrogen) atoms. The van der Waals surface area contributed by atoms with Gasteiger partial charge in [-0.2, -0.15) is 5.10 Å². The van der Waals surface area contributed by atoms with Gasteiger partial charge in [-0.1, -0.05) is 29.8 Å². The third-order valence-corrected chi connectivity index (χ3v) is 3.84. The van der Waals surface area contributed by atoms with Crippen LogP contribution in [0.5, 0.6) is 0 Å². The molecule has 0 saturated carbocycles. The number of hydrogen-bond donors (Lipinski definition) is 1. The zero-order valence-corrected chi connectivity index (χ0v) is 14.7. The highest BCUT2D eigenvalue weighted by Gasteiger charge is 2.08. The van der Waals surface area contributed by atoms with Gasteiger partial charge in [0, 0.05) is 12.1 Å². The van der Waals surface area contributed by atoms with Crippen molar-refractivity contribution in [2.45, 2.75) is 33.6 Å². The number of anilines is 1. The van der Waals surface area contributed by atoms with Gasteiger partial charge < -0.3 is 5.32 Å². The van der Waals surface area contributed by atoms with E-state index in [1.54, 1.807) is 17.1 Å². The molecule has 0 unspecified atom stereocenters. The second-order valence-corrected chi connectivity index (χ2v) is 6.15. The number of aromatic nitrogens is 4. The predicted molar refractivity (Wildman–Crippen MR) is 96.8 cm³/mol. The molecular formula is C19H21N5O. The van der Waals surface area contributed by atoms with Crippen molar-refractivity contribution < 1.29 is 4.79 Å². The van der Waals surface area contributed by atoms with E-state index in [0.29, 0.717) is 24.5 Å². The first-order valence-corrected chi connectivity index (χ1v) is 8.22. The monoisotopic (exact) mass is 335 g/mol. The molecule has 0 aliphatic heterocycles. The summed E-state index contributed by atoms with van der Waals surface area (Å²) in [6.45, 7) is 5.92. The Balaban J connectivity index is 1.59. The van der Waals surface area contributed by atoms with Crippen LogP contribution < -0.4 is 5.32 Å². The topological polar surface area (TPSA) is 72.7 Å². The average molecular weight is 335 g/mol. The molecule has 6 nitrogen and oxygen atoms in total. The molecule has 0 spiro atoms. The van der Waals surface area contributed by atoms with Crippen molar-refractivity contribution in [1.29, 1.82) is 0 Å². The Morgan fingerprint density at radius 3 is 2.52 bits per heavy atom. The third-order valence-electron chi connectivity index (χ3n) is 3.84. The summed E-state index contributed by atoms with van der Waals surface area (Å²) in [7, 11) is 0. The van der Waals surface area contributed by atoms with E-state index in [4.69, 9.17) is 0 Å². The van der Waals surface area contributed by atoms with Gasteiger partial charge in [0.05, 0.1) is 23.8 Å². The summed E-state index contributed by atoms with van der Waals surface area (Å²) < 4.78 is 1.68. The van der Waals surface area contributed by atoms with E-state index >= 15 is 0 Å². The molecule has 6 heteroatoms. The van der Waals surface area contributed by atoms with Crippen LogP contribution >= 0.6 is 0 Å². The van der Waals surface area contributed by atoms with Crippen LogP contribution in [-0.4, -0.2) is 25.7 Å². The number of carbonyl (C=O) groups excluding carboxylic acids is 1. The fourth-order valence-electron chi connectivity index (χ4n) is 2.68. The molecule has 1 N–H and O–H groups in total. The number of nitrogens with one attached hydrogen (secondary N) is 1. The van der Waals surface area contributed by atoms with E-state index in [0.717, 1.165) is 17.0 Å². The second-order valence-electron chi connectivity index (χ2n) is 6.15. The lowest BCUT2D eigenvalue weighted by molar-refractivity contribution is -0.116. The zero-order valence-electron chi connectivity index (χ0n) is 14.7. The molecule has 0 atom stereocenters. The summed E-state index contributed by atoms with van der Waals surface area (Å²) in [5.74, 6) is 0.437. The van der Waals surface area contributed by atoms with Gasteiger partial charge in [0.2, 0.25) is 5.91 Å². The van der Waals surface area contributed by atoms with E-state index in [1.165, 1.54) is 5.56 Å². The second kappa shape index (κ2) is 7.25. The minimum atomic E-state index is -0.0519. The molecule has 1 aromatic carbocycles. The van der Waals surface area contributed by atoms with Crippen molar-refractivity contribution in [3.63, 3.8) is 0 Å². The van der Waals surface area contributed by atoms with Crippen LogP contribution in [0.15, 0.2) is 42.7 Å². The standard InChI is InChI=1S/C19H21N5O/c1-13-5-4-6-16(9-13)7-8-18(25)22-17-11-20-19(21-12-17)24-15(3)10-14(2)23-24/h4-6,9-12H,7-8H2,1-3H3,(H,22,25). The smallest absolute Gasteiger partial charge is 0.250 e. The molecule has 2 heterocycles. The Labute approximate surface area is 146 Å². The Morgan fingerprint density at radius 1 is 1.12 bits per heavy atom. The molecule has 0 saturated heterocycles. The quantitative estimate of drug-likeness (QED) is 0.777. The van der Waals surface area contributed by atoms with E-state index in [2.05, 4.69) is 26.4 Å². The fourth-order valence-corrected chi connectivity index (χ4v) is 2.68. The largest absolute Gasteiger partial charge is 0.323 e. The first-order chi connectivity index (χ1) is 12.0. The maximum absolute atomic E-state index is 12.1. The van der Waals surface area contributed by atoms with Crippen molar-refractivity contribution in [1.82, 2.24) is 19.7 Å². The number of benzene rings is 1.